The fourth-order valence-corrected chi connectivity index (χ4v) is 4.00. The lowest BCUT2D eigenvalue weighted by molar-refractivity contribution is 0.0956. The third-order valence-corrected chi connectivity index (χ3v) is 5.79. The van der Waals surface area contributed by atoms with Crippen LogP contribution in [-0.2, 0) is 0 Å². The first-order valence-corrected chi connectivity index (χ1v) is 11.6. The predicted octanol–water partition coefficient (Wildman–Crippen LogP) is 5.25. The van der Waals surface area contributed by atoms with Crippen molar-refractivity contribution < 1.29 is 14.3 Å². The highest BCUT2D eigenvalue weighted by atomic mass is 16.5. The number of ether oxygens (including phenoxy) is 2. The van der Waals surface area contributed by atoms with Gasteiger partial charge in [-0.25, -0.2) is 4.98 Å². The van der Waals surface area contributed by atoms with Crippen LogP contribution in [0.3, 0.4) is 0 Å². The molecular formula is C28H30N4O3. The maximum absolute atomic E-state index is 13.2. The molecule has 0 atom stereocenters. The van der Waals surface area contributed by atoms with Gasteiger partial charge in [-0.05, 0) is 43.3 Å². The van der Waals surface area contributed by atoms with Crippen molar-refractivity contribution in [3.63, 3.8) is 0 Å². The van der Waals surface area contributed by atoms with Crippen LogP contribution in [0.4, 0.5) is 17.2 Å². The molecule has 3 aromatic carbocycles. The van der Waals surface area contributed by atoms with Crippen molar-refractivity contribution in [3.8, 4) is 11.5 Å². The quantitative estimate of drug-likeness (QED) is 0.330. The number of aromatic nitrogens is 1. The Balaban J connectivity index is 1.53. The van der Waals surface area contributed by atoms with E-state index in [4.69, 9.17) is 14.5 Å². The molecule has 2 N–H and O–H groups in total. The number of rotatable bonds is 10. The number of anilines is 3. The van der Waals surface area contributed by atoms with Crippen LogP contribution in [0.1, 0.15) is 17.3 Å². The van der Waals surface area contributed by atoms with Gasteiger partial charge in [0.15, 0.2) is 11.5 Å². The van der Waals surface area contributed by atoms with E-state index in [-0.39, 0.29) is 5.91 Å². The van der Waals surface area contributed by atoms with E-state index in [0.29, 0.717) is 36.0 Å². The Morgan fingerprint density at radius 2 is 1.66 bits per heavy atom. The summed E-state index contributed by atoms with van der Waals surface area (Å²) in [4.78, 5) is 20.2. The van der Waals surface area contributed by atoms with Gasteiger partial charge in [0.05, 0.1) is 25.3 Å². The van der Waals surface area contributed by atoms with Crippen molar-refractivity contribution in [1.82, 2.24) is 10.3 Å². The van der Waals surface area contributed by atoms with Crippen LogP contribution >= 0.6 is 0 Å². The Morgan fingerprint density at radius 1 is 0.914 bits per heavy atom. The molecule has 180 valence electrons. The molecule has 0 fully saturated rings. The second-order valence-electron chi connectivity index (χ2n) is 7.94. The molecule has 1 aromatic heterocycles. The smallest absolute Gasteiger partial charge is 0.252 e. The van der Waals surface area contributed by atoms with Gasteiger partial charge in [0, 0.05) is 42.5 Å². The van der Waals surface area contributed by atoms with Crippen molar-refractivity contribution in [2.75, 3.05) is 44.1 Å². The summed E-state index contributed by atoms with van der Waals surface area (Å²) < 4.78 is 10.7. The number of nitrogens with one attached hydrogen (secondary N) is 2. The van der Waals surface area contributed by atoms with Gasteiger partial charge < -0.3 is 25.0 Å². The first-order chi connectivity index (χ1) is 17.1. The topological polar surface area (TPSA) is 75.7 Å². The summed E-state index contributed by atoms with van der Waals surface area (Å²) in [6.45, 7) is 4.21. The van der Waals surface area contributed by atoms with Gasteiger partial charge in [-0.3, -0.25) is 4.79 Å². The normalized spacial score (nSPS) is 10.6. The van der Waals surface area contributed by atoms with Crippen molar-refractivity contribution >= 4 is 34.0 Å². The molecule has 4 aromatic rings. The van der Waals surface area contributed by atoms with Crippen molar-refractivity contribution in [1.29, 1.82) is 0 Å². The number of hydrogen-bond donors (Lipinski definition) is 2. The van der Waals surface area contributed by atoms with Crippen LogP contribution in [-0.4, -0.2) is 44.7 Å². The molecule has 0 bridgehead atoms. The number of hydrogen-bond acceptors (Lipinski definition) is 6. The third-order valence-electron chi connectivity index (χ3n) is 5.79. The molecule has 1 heterocycles. The molecule has 35 heavy (non-hydrogen) atoms. The summed E-state index contributed by atoms with van der Waals surface area (Å²) in [6, 6.07) is 25.2. The maximum Gasteiger partial charge on any atom is 0.252 e. The minimum absolute atomic E-state index is 0.136. The zero-order valence-electron chi connectivity index (χ0n) is 20.2. The van der Waals surface area contributed by atoms with Gasteiger partial charge >= 0.3 is 0 Å². The molecule has 7 heteroatoms. The largest absolute Gasteiger partial charge is 0.493 e. The highest BCUT2D eigenvalue weighted by molar-refractivity contribution is 6.07. The van der Waals surface area contributed by atoms with Crippen molar-refractivity contribution in [2.45, 2.75) is 6.92 Å². The van der Waals surface area contributed by atoms with E-state index < -0.39 is 0 Å². The molecule has 7 nitrogen and oxygen atoms in total. The first-order valence-electron chi connectivity index (χ1n) is 11.6. The maximum atomic E-state index is 13.2. The highest BCUT2D eigenvalue weighted by Gasteiger charge is 2.14. The molecular weight excluding hydrogens is 440 g/mol. The van der Waals surface area contributed by atoms with E-state index >= 15 is 0 Å². The average Bonchev–Trinajstić information content (AvgIpc) is 2.91. The number of pyridine rings is 1. The molecule has 0 saturated carbocycles. The SMILES string of the molecule is CCN(CCNC(=O)c1cc(Nc2ccc(OC)c(OC)c2)nc2ccccc12)c1ccccc1. The monoisotopic (exact) mass is 470 g/mol. The van der Waals surface area contributed by atoms with Crippen molar-refractivity contribution in [3.05, 3.63) is 84.4 Å². The van der Waals surface area contributed by atoms with E-state index in [0.717, 1.165) is 28.8 Å². The zero-order valence-corrected chi connectivity index (χ0v) is 20.2. The summed E-state index contributed by atoms with van der Waals surface area (Å²) in [7, 11) is 3.19. The van der Waals surface area contributed by atoms with E-state index in [1.54, 1.807) is 20.3 Å². The minimum Gasteiger partial charge on any atom is -0.493 e. The van der Waals surface area contributed by atoms with Crippen LogP contribution in [0.15, 0.2) is 78.9 Å². The fraction of sp³-hybridized carbons (Fsp3) is 0.214. The molecule has 0 saturated heterocycles. The lowest BCUT2D eigenvalue weighted by Gasteiger charge is -2.23. The second-order valence-corrected chi connectivity index (χ2v) is 7.94. The number of fused-ring (bicyclic) bond motifs is 1. The van der Waals surface area contributed by atoms with Crippen LogP contribution < -0.4 is 25.0 Å². The van der Waals surface area contributed by atoms with E-state index in [1.165, 1.54) is 0 Å². The van der Waals surface area contributed by atoms with Crippen LogP contribution in [0.5, 0.6) is 11.5 Å². The molecule has 0 radical (unpaired) electrons. The minimum atomic E-state index is -0.136. The molecule has 0 spiro atoms. The predicted molar refractivity (Wildman–Crippen MR) is 141 cm³/mol. The fourth-order valence-electron chi connectivity index (χ4n) is 4.00. The standard InChI is InChI=1S/C28H30N4O3/c1-4-32(21-10-6-5-7-11-21)17-16-29-28(33)23-19-27(31-24-13-9-8-12-22(23)24)30-20-14-15-25(34-2)26(18-20)35-3/h5-15,18-19H,4,16-17H2,1-3H3,(H,29,33)(H,30,31). The van der Waals surface area contributed by atoms with Gasteiger partial charge in [0.1, 0.15) is 5.82 Å². The Labute approximate surface area is 205 Å². The van der Waals surface area contributed by atoms with Crippen LogP contribution in [0, 0.1) is 0 Å². The van der Waals surface area contributed by atoms with Gasteiger partial charge in [-0.15, -0.1) is 0 Å². The highest BCUT2D eigenvalue weighted by Crippen LogP contribution is 2.31. The number of methoxy groups -OCH3 is 2. The van der Waals surface area contributed by atoms with Crippen LogP contribution in [0.25, 0.3) is 10.9 Å². The van der Waals surface area contributed by atoms with Gasteiger partial charge in [0.2, 0.25) is 0 Å². The lowest BCUT2D eigenvalue weighted by Crippen LogP contribution is -2.35. The average molecular weight is 471 g/mol. The summed E-state index contributed by atoms with van der Waals surface area (Å²) in [5.41, 5.74) is 3.22. The number of nitrogens with zero attached hydrogens (tertiary/aromatic N) is 2. The Bertz CT molecular complexity index is 1290. The molecule has 0 aliphatic heterocycles. The Hall–Kier alpha value is -4.26. The zero-order chi connectivity index (χ0) is 24.6. The summed E-state index contributed by atoms with van der Waals surface area (Å²) in [6.07, 6.45) is 0. The number of carbonyl (C=O) groups excluding carboxylic acids is 1. The summed E-state index contributed by atoms with van der Waals surface area (Å²) in [5, 5.41) is 7.17. The number of likely N-dealkylation sites (N-methyl/N-ethyl adjacent to an activating group) is 1. The summed E-state index contributed by atoms with van der Waals surface area (Å²) >= 11 is 0. The number of amides is 1. The van der Waals surface area contributed by atoms with Gasteiger partial charge in [0.25, 0.3) is 5.91 Å². The molecule has 1 amide bonds. The van der Waals surface area contributed by atoms with Crippen LogP contribution in [0.2, 0.25) is 0 Å². The van der Waals surface area contributed by atoms with Gasteiger partial charge in [-0.1, -0.05) is 36.4 Å². The second kappa shape index (κ2) is 11.2. The lowest BCUT2D eigenvalue weighted by atomic mass is 10.1. The van der Waals surface area contributed by atoms with E-state index in [1.807, 2.05) is 60.7 Å². The molecule has 0 unspecified atom stereocenters. The Morgan fingerprint density at radius 3 is 2.40 bits per heavy atom. The third kappa shape index (κ3) is 5.63. The van der Waals surface area contributed by atoms with E-state index in [9.17, 15) is 4.79 Å². The first kappa shape index (κ1) is 23.9. The molecule has 4 rings (SSSR count). The summed E-state index contributed by atoms with van der Waals surface area (Å²) in [5.74, 6) is 1.68. The Kier molecular flexibility index (Phi) is 7.67. The van der Waals surface area contributed by atoms with Crippen molar-refractivity contribution in [2.24, 2.45) is 0 Å². The van der Waals surface area contributed by atoms with Gasteiger partial charge in [-0.2, -0.15) is 0 Å². The number of carbonyl (C=O) groups is 1. The molecule has 0 aliphatic rings. The van der Waals surface area contributed by atoms with E-state index in [2.05, 4.69) is 34.6 Å². The number of para-hydroxylation sites is 2. The number of benzene rings is 3. The molecule has 0 aliphatic carbocycles.